The van der Waals surface area contributed by atoms with Crippen LogP contribution in [0.5, 0.6) is 0 Å². The van der Waals surface area contributed by atoms with Gasteiger partial charge in [-0.25, -0.2) is 4.98 Å². The molecule has 0 amide bonds. The lowest BCUT2D eigenvalue weighted by atomic mass is 10.2. The van der Waals surface area contributed by atoms with E-state index in [4.69, 9.17) is 0 Å². The summed E-state index contributed by atoms with van der Waals surface area (Å²) in [6, 6.07) is 0.560. The highest BCUT2D eigenvalue weighted by Gasteiger charge is 2.19. The second-order valence-electron chi connectivity index (χ2n) is 4.58. The molecule has 0 unspecified atom stereocenters. The molecule has 0 spiro atoms. The second-order valence-corrected chi connectivity index (χ2v) is 4.58. The smallest absolute Gasteiger partial charge is 0.205 e. The van der Waals surface area contributed by atoms with E-state index in [0.717, 1.165) is 32.1 Å². The monoisotopic (exact) mass is 222 g/mol. The highest BCUT2D eigenvalue weighted by atomic mass is 15.3. The van der Waals surface area contributed by atoms with E-state index in [-0.39, 0.29) is 0 Å². The number of aryl methyl sites for hydroxylation is 1. The number of hydrogen-bond donors (Lipinski definition) is 1. The fourth-order valence-corrected chi connectivity index (χ4v) is 2.20. The Morgan fingerprint density at radius 2 is 2.44 bits per heavy atom. The molecule has 1 aliphatic rings. The molecule has 4 heteroatoms. The molecule has 16 heavy (non-hydrogen) atoms. The number of hydrogen-bond acceptors (Lipinski definition) is 3. The van der Waals surface area contributed by atoms with Crippen LogP contribution in [-0.2, 0) is 6.54 Å². The predicted octanol–water partition coefficient (Wildman–Crippen LogP) is 1.48. The fraction of sp³-hybridized carbons (Fsp3) is 0.750. The highest BCUT2D eigenvalue weighted by molar-refractivity contribution is 5.32. The van der Waals surface area contributed by atoms with E-state index in [1.54, 1.807) is 0 Å². The molecule has 1 N–H and O–H groups in total. The van der Waals surface area contributed by atoms with Crippen molar-refractivity contribution < 1.29 is 0 Å². The van der Waals surface area contributed by atoms with Crippen molar-refractivity contribution in [2.75, 3.05) is 24.5 Å². The molecule has 2 heterocycles. The number of rotatable bonds is 4. The molecule has 0 bridgehead atoms. The Hall–Kier alpha value is -1.03. The van der Waals surface area contributed by atoms with Crippen molar-refractivity contribution in [2.24, 2.45) is 0 Å². The Kier molecular flexibility index (Phi) is 3.83. The van der Waals surface area contributed by atoms with Gasteiger partial charge in [-0.1, -0.05) is 13.3 Å². The average Bonchev–Trinajstić information content (AvgIpc) is 2.74. The van der Waals surface area contributed by atoms with Gasteiger partial charge < -0.3 is 14.8 Å². The molecule has 1 atom stereocenters. The summed E-state index contributed by atoms with van der Waals surface area (Å²) in [5.74, 6) is 1.14. The number of nitrogens with zero attached hydrogens (tertiary/aromatic N) is 3. The Morgan fingerprint density at radius 1 is 1.56 bits per heavy atom. The zero-order valence-corrected chi connectivity index (χ0v) is 10.3. The van der Waals surface area contributed by atoms with Crippen molar-refractivity contribution in [3.8, 4) is 0 Å². The maximum Gasteiger partial charge on any atom is 0.205 e. The van der Waals surface area contributed by atoms with Crippen molar-refractivity contribution >= 4 is 5.95 Å². The van der Waals surface area contributed by atoms with E-state index in [1.807, 2.05) is 6.20 Å². The summed E-state index contributed by atoms with van der Waals surface area (Å²) < 4.78 is 2.28. The second kappa shape index (κ2) is 5.34. The van der Waals surface area contributed by atoms with Crippen LogP contribution in [0.1, 0.15) is 26.7 Å². The van der Waals surface area contributed by atoms with E-state index in [2.05, 4.69) is 39.8 Å². The van der Waals surface area contributed by atoms with E-state index >= 15 is 0 Å². The molecule has 1 aromatic rings. The number of unbranched alkanes of at least 4 members (excludes halogenated alkanes) is 1. The molecule has 0 aromatic carbocycles. The zero-order valence-electron chi connectivity index (χ0n) is 10.3. The number of anilines is 1. The van der Waals surface area contributed by atoms with Crippen LogP contribution in [-0.4, -0.2) is 35.2 Å². The molecule has 2 rings (SSSR count). The minimum Gasteiger partial charge on any atom is -0.339 e. The molecule has 90 valence electrons. The van der Waals surface area contributed by atoms with Crippen LogP contribution in [0, 0.1) is 0 Å². The van der Waals surface area contributed by atoms with Gasteiger partial charge in [0.2, 0.25) is 5.95 Å². The Labute approximate surface area is 97.7 Å². The summed E-state index contributed by atoms with van der Waals surface area (Å²) in [6.07, 6.45) is 6.47. The van der Waals surface area contributed by atoms with Gasteiger partial charge >= 0.3 is 0 Å². The summed E-state index contributed by atoms with van der Waals surface area (Å²) in [5.41, 5.74) is 0. The van der Waals surface area contributed by atoms with Crippen LogP contribution in [0.2, 0.25) is 0 Å². The Morgan fingerprint density at radius 3 is 3.19 bits per heavy atom. The third-order valence-corrected chi connectivity index (χ3v) is 3.10. The first-order valence-corrected chi connectivity index (χ1v) is 6.30. The molecule has 0 radical (unpaired) electrons. The quantitative estimate of drug-likeness (QED) is 0.837. The lowest BCUT2D eigenvalue weighted by Gasteiger charge is -2.32. The summed E-state index contributed by atoms with van der Waals surface area (Å²) in [6.45, 7) is 8.72. The molecule has 0 aliphatic carbocycles. The van der Waals surface area contributed by atoms with Gasteiger partial charge in [-0.2, -0.15) is 0 Å². The van der Waals surface area contributed by atoms with Gasteiger partial charge in [0.15, 0.2) is 0 Å². The summed E-state index contributed by atoms with van der Waals surface area (Å²) in [4.78, 5) is 6.87. The van der Waals surface area contributed by atoms with Gasteiger partial charge in [-0.05, 0) is 13.3 Å². The molecule has 1 fully saturated rings. The first-order chi connectivity index (χ1) is 7.81. The lowest BCUT2D eigenvalue weighted by molar-refractivity contribution is 0.472. The largest absolute Gasteiger partial charge is 0.339 e. The minimum atomic E-state index is 0.560. The van der Waals surface area contributed by atoms with Crippen LogP contribution in [0.15, 0.2) is 12.4 Å². The molecule has 4 nitrogen and oxygen atoms in total. The summed E-state index contributed by atoms with van der Waals surface area (Å²) in [5, 5.41) is 3.46. The average molecular weight is 222 g/mol. The molecule has 1 aliphatic heterocycles. The van der Waals surface area contributed by atoms with Crippen molar-refractivity contribution in [1.82, 2.24) is 14.9 Å². The van der Waals surface area contributed by atoms with E-state index in [0.29, 0.717) is 6.04 Å². The Bertz CT molecular complexity index is 321. The van der Waals surface area contributed by atoms with Crippen molar-refractivity contribution in [2.45, 2.75) is 39.3 Å². The van der Waals surface area contributed by atoms with E-state index in [1.165, 1.54) is 12.8 Å². The minimum absolute atomic E-state index is 0.560. The van der Waals surface area contributed by atoms with Crippen molar-refractivity contribution in [3.63, 3.8) is 0 Å². The van der Waals surface area contributed by atoms with Crippen LogP contribution in [0.4, 0.5) is 5.95 Å². The van der Waals surface area contributed by atoms with Gasteiger partial charge in [0.1, 0.15) is 0 Å². The van der Waals surface area contributed by atoms with Gasteiger partial charge in [-0.15, -0.1) is 0 Å². The van der Waals surface area contributed by atoms with Gasteiger partial charge in [-0.3, -0.25) is 0 Å². The van der Waals surface area contributed by atoms with Gasteiger partial charge in [0.25, 0.3) is 0 Å². The maximum atomic E-state index is 4.49. The molecular formula is C12H22N4. The topological polar surface area (TPSA) is 33.1 Å². The van der Waals surface area contributed by atoms with Crippen LogP contribution in [0.3, 0.4) is 0 Å². The van der Waals surface area contributed by atoms with E-state index in [9.17, 15) is 0 Å². The third kappa shape index (κ3) is 2.55. The summed E-state index contributed by atoms with van der Waals surface area (Å²) >= 11 is 0. The van der Waals surface area contributed by atoms with Crippen molar-refractivity contribution in [1.29, 1.82) is 0 Å². The summed E-state index contributed by atoms with van der Waals surface area (Å²) in [7, 11) is 0. The maximum absolute atomic E-state index is 4.49. The number of imidazole rings is 1. The van der Waals surface area contributed by atoms with Crippen LogP contribution in [0.25, 0.3) is 0 Å². The molecule has 0 saturated carbocycles. The van der Waals surface area contributed by atoms with E-state index < -0.39 is 0 Å². The zero-order chi connectivity index (χ0) is 11.4. The third-order valence-electron chi connectivity index (χ3n) is 3.10. The Balaban J connectivity index is 2.04. The number of aromatic nitrogens is 2. The standard InChI is InChI=1S/C12H22N4/c1-3-4-7-15-8-6-14-12(15)16-9-5-13-11(2)10-16/h6,8,11,13H,3-5,7,9-10H2,1-2H3/t11-/m0/s1. The predicted molar refractivity (Wildman–Crippen MR) is 66.8 cm³/mol. The van der Waals surface area contributed by atoms with Gasteiger partial charge in [0.05, 0.1) is 0 Å². The molecule has 1 saturated heterocycles. The highest BCUT2D eigenvalue weighted by Crippen LogP contribution is 2.14. The first kappa shape index (κ1) is 11.5. The number of nitrogens with one attached hydrogen (secondary N) is 1. The first-order valence-electron chi connectivity index (χ1n) is 6.30. The van der Waals surface area contributed by atoms with Crippen LogP contribution >= 0.6 is 0 Å². The molecule has 1 aromatic heterocycles. The SMILES string of the molecule is CCCCn1ccnc1N1CCN[C@@H](C)C1. The number of piperazine rings is 1. The van der Waals surface area contributed by atoms with Gasteiger partial charge in [0, 0.05) is 44.6 Å². The molecular weight excluding hydrogens is 200 g/mol. The fourth-order valence-electron chi connectivity index (χ4n) is 2.20. The van der Waals surface area contributed by atoms with Crippen LogP contribution < -0.4 is 10.2 Å². The lowest BCUT2D eigenvalue weighted by Crippen LogP contribution is -2.50. The normalized spacial score (nSPS) is 21.4. The van der Waals surface area contributed by atoms with Crippen molar-refractivity contribution in [3.05, 3.63) is 12.4 Å².